The average molecular weight is 166 g/mol. The van der Waals surface area contributed by atoms with Gasteiger partial charge >= 0.3 is 0 Å². The van der Waals surface area contributed by atoms with E-state index in [9.17, 15) is 8.42 Å². The highest BCUT2D eigenvalue weighted by Gasteiger charge is 1.94. The maximum Gasteiger partial charge on any atom is 0.0723 e. The Kier molecular flexibility index (Phi) is 4.59. The van der Waals surface area contributed by atoms with Crippen LogP contribution in [-0.4, -0.2) is 27.3 Å². The fourth-order valence-corrected chi connectivity index (χ4v) is 1.58. The zero-order valence-corrected chi connectivity index (χ0v) is 7.02. The molecule has 0 aliphatic heterocycles. The molecular formula is C5H14N2O2S. The molecule has 0 heterocycles. The van der Waals surface area contributed by atoms with Gasteiger partial charge in [0, 0.05) is 5.75 Å². The maximum absolute atomic E-state index is 10.8. The number of nitrogens with zero attached hydrogens (tertiary/aromatic N) is 1. The summed E-state index contributed by atoms with van der Waals surface area (Å²) >= 11 is 0. The molecule has 0 aliphatic carbocycles. The number of hydrogen-bond donors (Lipinski definition) is 1. The summed E-state index contributed by atoms with van der Waals surface area (Å²) in [6, 6.07) is 0. The minimum Gasteiger partial charge on any atom is -0.544 e. The van der Waals surface area contributed by atoms with Gasteiger partial charge in [-0.15, -0.1) is 0 Å². The van der Waals surface area contributed by atoms with Crippen molar-refractivity contribution in [2.24, 2.45) is 0 Å². The normalized spacial score (nSPS) is 11.8. The largest absolute Gasteiger partial charge is 0.544 e. The molecule has 0 amide bonds. The maximum atomic E-state index is 10.8. The molecular weight excluding hydrogens is 152 g/mol. The number of quaternary nitrogens is 1. The third-order valence-corrected chi connectivity index (χ3v) is 2.41. The van der Waals surface area contributed by atoms with Crippen molar-refractivity contribution in [3.63, 3.8) is 0 Å². The highest BCUT2D eigenvalue weighted by atomic mass is 32.2. The molecule has 0 aromatic rings. The van der Waals surface area contributed by atoms with Gasteiger partial charge in [0.05, 0.1) is 16.6 Å². The second-order valence-electron chi connectivity index (χ2n) is 1.99. The Morgan fingerprint density at radius 1 is 1.50 bits per heavy atom. The summed E-state index contributed by atoms with van der Waals surface area (Å²) in [5.41, 5.74) is 3.49. The lowest BCUT2D eigenvalue weighted by Gasteiger charge is -2.16. The van der Waals surface area contributed by atoms with Gasteiger partial charge < -0.3 is 10.5 Å². The van der Waals surface area contributed by atoms with E-state index < -0.39 is 10.0 Å². The van der Waals surface area contributed by atoms with E-state index in [0.29, 0.717) is 19.5 Å². The van der Waals surface area contributed by atoms with Crippen molar-refractivity contribution >= 4 is 10.0 Å². The minimum atomic E-state index is -3.11. The van der Waals surface area contributed by atoms with Gasteiger partial charge in [0.2, 0.25) is 0 Å². The van der Waals surface area contributed by atoms with E-state index in [1.54, 1.807) is 0 Å². The first-order valence-electron chi connectivity index (χ1n) is 3.33. The summed E-state index contributed by atoms with van der Waals surface area (Å²) in [7, 11) is -3.11. The van der Waals surface area contributed by atoms with Gasteiger partial charge in [-0.2, -0.15) is 0 Å². The van der Waals surface area contributed by atoms with Crippen LogP contribution in [0.2, 0.25) is 0 Å². The molecule has 4 nitrogen and oxygen atoms in total. The fourth-order valence-electron chi connectivity index (χ4n) is 0.526. The molecule has 0 unspecified atom stereocenters. The topological polar surface area (TPSA) is 75.9 Å². The number of sulfonamides is 1. The molecule has 0 radical (unpaired) electrons. The van der Waals surface area contributed by atoms with Gasteiger partial charge in [0.15, 0.2) is 0 Å². The molecule has 5 heteroatoms. The van der Waals surface area contributed by atoms with Gasteiger partial charge in [0.25, 0.3) is 0 Å². The summed E-state index contributed by atoms with van der Waals surface area (Å²) in [4.78, 5) is 0. The monoisotopic (exact) mass is 166 g/mol. The van der Waals surface area contributed by atoms with E-state index >= 15 is 0 Å². The van der Waals surface area contributed by atoms with Crippen molar-refractivity contribution in [2.45, 2.75) is 13.3 Å². The van der Waals surface area contributed by atoms with Crippen molar-refractivity contribution in [3.8, 4) is 0 Å². The van der Waals surface area contributed by atoms with E-state index in [2.05, 4.69) is 10.5 Å². The van der Waals surface area contributed by atoms with Crippen molar-refractivity contribution in [1.29, 1.82) is 0 Å². The SMILES string of the molecule is CCCS(=O)(=O)[N-]CC[NH3+]. The quantitative estimate of drug-likeness (QED) is 0.588. The van der Waals surface area contributed by atoms with Crippen LogP contribution in [0.3, 0.4) is 0 Å². The van der Waals surface area contributed by atoms with Crippen LogP contribution in [-0.2, 0) is 10.0 Å². The predicted octanol–water partition coefficient (Wildman–Crippen LogP) is -0.658. The van der Waals surface area contributed by atoms with Gasteiger partial charge in [-0.25, -0.2) is 8.42 Å². The van der Waals surface area contributed by atoms with Crippen LogP contribution in [0.15, 0.2) is 0 Å². The number of rotatable bonds is 5. The Bertz CT molecular complexity index is 164. The highest BCUT2D eigenvalue weighted by Crippen LogP contribution is 2.01. The first-order chi connectivity index (χ1) is 4.62. The molecule has 0 aromatic heterocycles. The lowest BCUT2D eigenvalue weighted by atomic mass is 10.6. The molecule has 0 saturated heterocycles. The Morgan fingerprint density at radius 2 is 2.10 bits per heavy atom. The molecule has 0 aliphatic rings. The van der Waals surface area contributed by atoms with Crippen molar-refractivity contribution in [1.82, 2.24) is 0 Å². The molecule has 0 spiro atoms. The zero-order chi connectivity index (χ0) is 8.04. The van der Waals surface area contributed by atoms with Crippen LogP contribution < -0.4 is 5.73 Å². The second-order valence-corrected chi connectivity index (χ2v) is 3.82. The highest BCUT2D eigenvalue weighted by molar-refractivity contribution is 7.93. The molecule has 0 aromatic carbocycles. The second kappa shape index (κ2) is 4.65. The molecule has 0 saturated carbocycles. The summed E-state index contributed by atoms with van der Waals surface area (Å²) < 4.78 is 25.1. The van der Waals surface area contributed by atoms with Crippen LogP contribution in [0.5, 0.6) is 0 Å². The first kappa shape index (κ1) is 9.87. The summed E-state index contributed by atoms with van der Waals surface area (Å²) in [5, 5.41) is 0. The van der Waals surface area contributed by atoms with E-state index in [1.165, 1.54) is 0 Å². The predicted molar refractivity (Wildman–Crippen MR) is 40.1 cm³/mol. The van der Waals surface area contributed by atoms with E-state index in [1.807, 2.05) is 6.92 Å². The minimum absolute atomic E-state index is 0.160. The van der Waals surface area contributed by atoms with Crippen molar-refractivity contribution in [3.05, 3.63) is 4.72 Å². The molecule has 0 rings (SSSR count). The molecule has 0 bridgehead atoms. The van der Waals surface area contributed by atoms with E-state index in [0.717, 1.165) is 0 Å². The average Bonchev–Trinajstić information content (AvgIpc) is 1.84. The molecule has 3 N–H and O–H groups in total. The molecule has 10 heavy (non-hydrogen) atoms. The summed E-state index contributed by atoms with van der Waals surface area (Å²) in [5.74, 6) is 0.160. The Labute approximate surface area is 61.8 Å². The summed E-state index contributed by atoms with van der Waals surface area (Å²) in [6.07, 6.45) is 0.628. The molecule has 62 valence electrons. The third kappa shape index (κ3) is 4.72. The van der Waals surface area contributed by atoms with Crippen LogP contribution in [0.4, 0.5) is 0 Å². The van der Waals surface area contributed by atoms with E-state index in [4.69, 9.17) is 0 Å². The third-order valence-electron chi connectivity index (χ3n) is 0.908. The lowest BCUT2D eigenvalue weighted by molar-refractivity contribution is -0.362. The smallest absolute Gasteiger partial charge is 0.0723 e. The van der Waals surface area contributed by atoms with Gasteiger partial charge in [-0.1, -0.05) is 13.5 Å². The van der Waals surface area contributed by atoms with Crippen LogP contribution in [0, 0.1) is 0 Å². The van der Waals surface area contributed by atoms with Gasteiger partial charge in [-0.3, -0.25) is 0 Å². The fraction of sp³-hybridized carbons (Fsp3) is 1.00. The Balaban J connectivity index is 3.65. The molecule has 0 fully saturated rings. The van der Waals surface area contributed by atoms with E-state index in [-0.39, 0.29) is 5.75 Å². The van der Waals surface area contributed by atoms with Crippen molar-refractivity contribution in [2.75, 3.05) is 18.8 Å². The number of hydrogen-bond acceptors (Lipinski definition) is 2. The first-order valence-corrected chi connectivity index (χ1v) is 4.94. The standard InChI is InChI=1S/C5H13N2O2S/c1-2-5-10(8,9)7-4-3-6/h2-6H2,1H3/q-1/p+1. The van der Waals surface area contributed by atoms with Gasteiger partial charge in [0.1, 0.15) is 0 Å². The Hall–Kier alpha value is -0.130. The van der Waals surface area contributed by atoms with Crippen LogP contribution >= 0.6 is 0 Å². The van der Waals surface area contributed by atoms with Crippen molar-refractivity contribution < 1.29 is 14.2 Å². The van der Waals surface area contributed by atoms with Crippen LogP contribution in [0.1, 0.15) is 13.3 Å². The van der Waals surface area contributed by atoms with Gasteiger partial charge in [-0.05, 0) is 6.42 Å². The lowest BCUT2D eigenvalue weighted by Crippen LogP contribution is -2.51. The Morgan fingerprint density at radius 3 is 2.50 bits per heavy atom. The molecule has 0 atom stereocenters. The summed E-state index contributed by atoms with van der Waals surface area (Å²) in [6.45, 7) is 2.68. The van der Waals surface area contributed by atoms with Crippen LogP contribution in [0.25, 0.3) is 4.72 Å². The zero-order valence-electron chi connectivity index (χ0n) is 6.21.